The largest absolute Gasteiger partial charge is 0.120 e. The minimum absolute atomic E-state index is 0.851. The zero-order valence-electron chi connectivity index (χ0n) is 13.9. The molecule has 0 N–H and O–H groups in total. The first-order valence-corrected chi connectivity index (χ1v) is 11.1. The molecule has 0 unspecified atom stereocenters. The van der Waals surface area contributed by atoms with Crippen molar-refractivity contribution in [3.8, 4) is 0 Å². The average Bonchev–Trinajstić information content (AvgIpc) is 2.52. The smallest absolute Gasteiger partial charge is 0.0651 e. The van der Waals surface area contributed by atoms with E-state index in [0.29, 0.717) is 0 Å². The van der Waals surface area contributed by atoms with Crippen LogP contribution in [0.1, 0.15) is 40.5 Å². The van der Waals surface area contributed by atoms with E-state index in [2.05, 4.69) is 64.1 Å². The molecule has 2 aromatic carbocycles. The summed E-state index contributed by atoms with van der Waals surface area (Å²) in [4.78, 5) is 0. The van der Waals surface area contributed by atoms with Gasteiger partial charge >= 0.3 is 0 Å². The van der Waals surface area contributed by atoms with Crippen molar-refractivity contribution in [3.63, 3.8) is 0 Å². The van der Waals surface area contributed by atoms with Crippen LogP contribution in [0.2, 0.25) is 12.1 Å². The third-order valence-electron chi connectivity index (χ3n) is 5.72. The predicted molar refractivity (Wildman–Crippen MR) is 97.5 cm³/mol. The summed E-state index contributed by atoms with van der Waals surface area (Å²) >= 11 is 0. The number of rotatable bonds is 6. The van der Waals surface area contributed by atoms with Gasteiger partial charge in [-0.2, -0.15) is 0 Å². The van der Waals surface area contributed by atoms with Crippen LogP contribution in [-0.2, 0) is 0 Å². The van der Waals surface area contributed by atoms with Crippen LogP contribution in [0.15, 0.2) is 36.4 Å². The van der Waals surface area contributed by atoms with Crippen LogP contribution in [0.5, 0.6) is 0 Å². The van der Waals surface area contributed by atoms with E-state index in [1.54, 1.807) is 15.8 Å². The van der Waals surface area contributed by atoms with Crippen molar-refractivity contribution in [2.45, 2.75) is 52.6 Å². The Bertz CT molecular complexity index is 591. The van der Waals surface area contributed by atoms with Crippen molar-refractivity contribution in [1.29, 1.82) is 0 Å². The van der Waals surface area contributed by atoms with E-state index in [-0.39, 0.29) is 0 Å². The molecule has 21 heavy (non-hydrogen) atoms. The van der Waals surface area contributed by atoms with E-state index in [9.17, 15) is 0 Å². The van der Waals surface area contributed by atoms with Crippen molar-refractivity contribution in [2.24, 2.45) is 11.8 Å². The summed E-state index contributed by atoms with van der Waals surface area (Å²) in [6.07, 6.45) is 2.63. The van der Waals surface area contributed by atoms with Gasteiger partial charge in [0.1, 0.15) is 8.07 Å². The Labute approximate surface area is 130 Å². The molecule has 0 saturated heterocycles. The van der Waals surface area contributed by atoms with Crippen molar-refractivity contribution in [1.82, 2.24) is 0 Å². The molecule has 1 aliphatic rings. The molecule has 0 nitrogen and oxygen atoms in total. The van der Waals surface area contributed by atoms with Gasteiger partial charge in [-0.1, -0.05) is 76.9 Å². The molecule has 2 aromatic rings. The first kappa shape index (κ1) is 14.8. The molecular weight excluding hydrogens is 268 g/mol. The highest BCUT2D eigenvalue weighted by molar-refractivity contribution is 7.10. The molecule has 1 aliphatic heterocycles. The fraction of sp³-hybridized carbons (Fsp3) is 0.500. The lowest BCUT2D eigenvalue weighted by Crippen LogP contribution is -2.68. The van der Waals surface area contributed by atoms with E-state index in [4.69, 9.17) is 0 Å². The Morgan fingerprint density at radius 1 is 0.810 bits per heavy atom. The first-order valence-electron chi connectivity index (χ1n) is 8.65. The molecule has 1 heteroatoms. The molecule has 2 atom stereocenters. The van der Waals surface area contributed by atoms with Gasteiger partial charge < -0.3 is 0 Å². The van der Waals surface area contributed by atoms with Gasteiger partial charge in [-0.3, -0.25) is 0 Å². The molecule has 0 fully saturated rings. The maximum atomic E-state index is 2.45. The van der Waals surface area contributed by atoms with E-state index >= 15 is 0 Å². The number of hydrogen-bond acceptors (Lipinski definition) is 0. The normalized spacial score (nSPS) is 18.3. The minimum Gasteiger partial charge on any atom is -0.0651 e. The zero-order valence-corrected chi connectivity index (χ0v) is 14.9. The van der Waals surface area contributed by atoms with Gasteiger partial charge in [-0.15, -0.1) is 0 Å². The maximum Gasteiger partial charge on any atom is 0.120 e. The van der Waals surface area contributed by atoms with Gasteiger partial charge in [-0.25, -0.2) is 0 Å². The number of hydrogen-bond donors (Lipinski definition) is 0. The zero-order chi connectivity index (χ0) is 15.0. The molecular formula is C20H28Si. The van der Waals surface area contributed by atoms with Gasteiger partial charge in [-0.05, 0) is 45.1 Å². The van der Waals surface area contributed by atoms with Crippen LogP contribution < -0.4 is 10.4 Å². The molecule has 112 valence electrons. The summed E-state index contributed by atoms with van der Waals surface area (Å²) in [7, 11) is -1.43. The Hall–Kier alpha value is -1.08. The summed E-state index contributed by atoms with van der Waals surface area (Å²) < 4.78 is 0. The SMILES string of the molecule is CC[C@H](C)C[Si]1(C[C@@H](C)CC)c2cccc3cccc1c23. The van der Waals surface area contributed by atoms with Crippen LogP contribution in [-0.4, -0.2) is 8.07 Å². The lowest BCUT2D eigenvalue weighted by molar-refractivity contribution is 0.589. The van der Waals surface area contributed by atoms with E-state index in [1.807, 2.05) is 0 Å². The molecule has 0 aliphatic carbocycles. The number of benzene rings is 2. The highest BCUT2D eigenvalue weighted by atomic mass is 28.3. The fourth-order valence-electron chi connectivity index (χ4n) is 4.22. The molecule has 0 radical (unpaired) electrons. The van der Waals surface area contributed by atoms with Crippen molar-refractivity contribution in [2.75, 3.05) is 0 Å². The second-order valence-electron chi connectivity index (χ2n) is 7.23. The average molecular weight is 297 g/mol. The van der Waals surface area contributed by atoms with Gasteiger partial charge in [0.15, 0.2) is 0 Å². The Morgan fingerprint density at radius 2 is 1.29 bits per heavy atom. The standard InChI is InChI=1S/C20H28Si/c1-5-15(3)13-21(14-16(4)6-2)18-11-7-9-17-10-8-12-19(21)20(17)18/h7-12,15-16H,5-6,13-14H2,1-4H3/t15-,16-/m0/s1. The third-order valence-corrected chi connectivity index (χ3v) is 11.4. The molecule has 1 heterocycles. The molecule has 0 spiro atoms. The monoisotopic (exact) mass is 296 g/mol. The first-order chi connectivity index (χ1) is 10.1. The van der Waals surface area contributed by atoms with Gasteiger partial charge in [0.2, 0.25) is 0 Å². The van der Waals surface area contributed by atoms with Gasteiger partial charge in [0, 0.05) is 0 Å². The van der Waals surface area contributed by atoms with Crippen LogP contribution in [0.3, 0.4) is 0 Å². The topological polar surface area (TPSA) is 0 Å². The quantitative estimate of drug-likeness (QED) is 0.671. The van der Waals surface area contributed by atoms with E-state index in [1.165, 1.54) is 30.3 Å². The van der Waals surface area contributed by atoms with Crippen LogP contribution in [0, 0.1) is 11.8 Å². The highest BCUT2D eigenvalue weighted by Gasteiger charge is 2.47. The third kappa shape index (κ3) is 2.26. The molecule has 0 aromatic heterocycles. The summed E-state index contributed by atoms with van der Waals surface area (Å²) in [5.74, 6) is 1.70. The van der Waals surface area contributed by atoms with Crippen LogP contribution in [0.25, 0.3) is 10.8 Å². The second kappa shape index (κ2) is 5.60. The summed E-state index contributed by atoms with van der Waals surface area (Å²) in [6, 6.07) is 16.9. The fourth-order valence-corrected chi connectivity index (χ4v) is 10.7. The Balaban J connectivity index is 2.09. The van der Waals surface area contributed by atoms with Crippen LogP contribution in [0.4, 0.5) is 0 Å². The van der Waals surface area contributed by atoms with E-state index in [0.717, 1.165) is 11.8 Å². The summed E-state index contributed by atoms with van der Waals surface area (Å²) in [5.41, 5.74) is 0. The lowest BCUT2D eigenvalue weighted by atomic mass is 10.1. The van der Waals surface area contributed by atoms with Crippen molar-refractivity contribution < 1.29 is 0 Å². The van der Waals surface area contributed by atoms with Gasteiger partial charge in [0.05, 0.1) is 0 Å². The molecule has 0 amide bonds. The van der Waals surface area contributed by atoms with Crippen molar-refractivity contribution >= 4 is 29.2 Å². The Morgan fingerprint density at radius 3 is 1.71 bits per heavy atom. The summed E-state index contributed by atoms with van der Waals surface area (Å²) in [5, 5.41) is 6.59. The highest BCUT2D eigenvalue weighted by Crippen LogP contribution is 2.36. The van der Waals surface area contributed by atoms with Crippen molar-refractivity contribution in [3.05, 3.63) is 36.4 Å². The lowest BCUT2D eigenvalue weighted by Gasteiger charge is -2.45. The molecule has 0 bridgehead atoms. The van der Waals surface area contributed by atoms with Crippen LogP contribution >= 0.6 is 0 Å². The maximum absolute atomic E-state index is 2.45. The predicted octanol–water partition coefficient (Wildman–Crippen LogP) is 4.81. The summed E-state index contributed by atoms with van der Waals surface area (Å²) in [6.45, 7) is 9.60. The van der Waals surface area contributed by atoms with Gasteiger partial charge in [0.25, 0.3) is 0 Å². The second-order valence-corrected chi connectivity index (χ2v) is 11.3. The molecule has 3 rings (SSSR count). The molecule has 0 saturated carbocycles. The van der Waals surface area contributed by atoms with E-state index < -0.39 is 8.07 Å². The minimum atomic E-state index is -1.43. The Kier molecular flexibility index (Phi) is 3.96.